The molecule has 0 aliphatic carbocycles. The van der Waals surface area contributed by atoms with Crippen LogP contribution < -0.4 is 10.1 Å². The molecule has 3 aromatic rings. The van der Waals surface area contributed by atoms with Crippen molar-refractivity contribution in [3.63, 3.8) is 0 Å². The number of fused-ring (bicyclic) bond motifs is 1. The predicted octanol–water partition coefficient (Wildman–Crippen LogP) is 3.25. The fourth-order valence-electron chi connectivity index (χ4n) is 2.69. The van der Waals surface area contributed by atoms with Crippen molar-refractivity contribution in [2.24, 2.45) is 0 Å². The van der Waals surface area contributed by atoms with Gasteiger partial charge in [-0.3, -0.25) is 4.79 Å². The van der Waals surface area contributed by atoms with Crippen LogP contribution in [0.15, 0.2) is 54.7 Å². The normalized spacial score (nSPS) is 11.1. The highest BCUT2D eigenvalue weighted by atomic mass is 16.5. The fourth-order valence-corrected chi connectivity index (χ4v) is 2.69. The maximum absolute atomic E-state index is 11.9. The quantitative estimate of drug-likeness (QED) is 0.605. The number of benzene rings is 2. The summed E-state index contributed by atoms with van der Waals surface area (Å²) in [5.41, 5.74) is 3.06. The maximum Gasteiger partial charge on any atom is 0.244 e. The summed E-state index contributed by atoms with van der Waals surface area (Å²) in [5, 5.41) is 13.6. The number of carbonyl (C=O) groups excluding carboxylic acids is 1. The Labute approximate surface area is 145 Å². The minimum atomic E-state index is -0.160. The Morgan fingerprint density at radius 2 is 2.12 bits per heavy atom. The molecule has 0 atom stereocenters. The number of aromatic nitrogens is 1. The Bertz CT molecular complexity index is 912. The van der Waals surface area contributed by atoms with Crippen LogP contribution in [0.3, 0.4) is 0 Å². The van der Waals surface area contributed by atoms with Gasteiger partial charge in [-0.2, -0.15) is 0 Å². The highest BCUT2D eigenvalue weighted by Crippen LogP contribution is 2.26. The first-order valence-electron chi connectivity index (χ1n) is 8.05. The third-order valence-electron chi connectivity index (χ3n) is 4.00. The number of hydrogen-bond donors (Lipinski definition) is 3. The summed E-state index contributed by atoms with van der Waals surface area (Å²) >= 11 is 0. The van der Waals surface area contributed by atoms with Gasteiger partial charge in [0, 0.05) is 29.7 Å². The zero-order valence-electron chi connectivity index (χ0n) is 14.0. The number of aromatic amines is 1. The van der Waals surface area contributed by atoms with Crippen LogP contribution in [0.25, 0.3) is 17.0 Å². The first-order chi connectivity index (χ1) is 12.2. The Morgan fingerprint density at radius 1 is 1.28 bits per heavy atom. The van der Waals surface area contributed by atoms with Crippen molar-refractivity contribution in [1.29, 1.82) is 0 Å². The first-order valence-corrected chi connectivity index (χ1v) is 8.05. The Hall–Kier alpha value is -3.21. The highest BCUT2D eigenvalue weighted by molar-refractivity contribution is 5.91. The van der Waals surface area contributed by atoms with Crippen molar-refractivity contribution in [1.82, 2.24) is 10.3 Å². The van der Waals surface area contributed by atoms with Crippen LogP contribution in [0.2, 0.25) is 0 Å². The number of phenolic OH excluding ortho intramolecular Hbond substituents is 1. The molecule has 0 aliphatic heterocycles. The van der Waals surface area contributed by atoms with E-state index in [1.165, 1.54) is 30.2 Å². The van der Waals surface area contributed by atoms with Crippen LogP contribution >= 0.6 is 0 Å². The van der Waals surface area contributed by atoms with E-state index in [0.717, 1.165) is 17.5 Å². The van der Waals surface area contributed by atoms with Gasteiger partial charge < -0.3 is 20.1 Å². The van der Waals surface area contributed by atoms with E-state index < -0.39 is 0 Å². The number of hydrogen-bond acceptors (Lipinski definition) is 3. The molecule has 1 aromatic heterocycles. The number of phenols is 1. The molecule has 0 saturated carbocycles. The van der Waals surface area contributed by atoms with E-state index in [9.17, 15) is 9.90 Å². The number of methoxy groups -OCH3 is 1. The van der Waals surface area contributed by atoms with Crippen molar-refractivity contribution in [3.8, 4) is 11.5 Å². The lowest BCUT2D eigenvalue weighted by Crippen LogP contribution is -2.23. The monoisotopic (exact) mass is 336 g/mol. The van der Waals surface area contributed by atoms with E-state index in [2.05, 4.69) is 16.4 Å². The van der Waals surface area contributed by atoms with Gasteiger partial charge in [-0.25, -0.2) is 0 Å². The molecule has 1 heterocycles. The predicted molar refractivity (Wildman–Crippen MR) is 98.7 cm³/mol. The van der Waals surface area contributed by atoms with Crippen LogP contribution in [0, 0.1) is 0 Å². The minimum Gasteiger partial charge on any atom is -0.504 e. The summed E-state index contributed by atoms with van der Waals surface area (Å²) in [4.78, 5) is 15.2. The summed E-state index contributed by atoms with van der Waals surface area (Å²) in [6.07, 6.45) is 5.90. The van der Waals surface area contributed by atoms with Gasteiger partial charge in [0.15, 0.2) is 11.5 Å². The summed E-state index contributed by atoms with van der Waals surface area (Å²) < 4.78 is 5.05. The van der Waals surface area contributed by atoms with E-state index in [4.69, 9.17) is 4.74 Å². The summed E-state index contributed by atoms with van der Waals surface area (Å²) in [6.45, 7) is 0.559. The molecule has 2 aromatic carbocycles. The van der Waals surface area contributed by atoms with E-state index in [-0.39, 0.29) is 11.7 Å². The van der Waals surface area contributed by atoms with Crippen molar-refractivity contribution in [2.45, 2.75) is 6.42 Å². The topological polar surface area (TPSA) is 74.3 Å². The second-order valence-corrected chi connectivity index (χ2v) is 5.67. The molecular weight excluding hydrogens is 316 g/mol. The molecular formula is C20H20N2O3. The van der Waals surface area contributed by atoms with E-state index in [1.807, 2.05) is 24.4 Å². The average molecular weight is 336 g/mol. The van der Waals surface area contributed by atoms with E-state index in [0.29, 0.717) is 12.3 Å². The van der Waals surface area contributed by atoms with Gasteiger partial charge >= 0.3 is 0 Å². The lowest BCUT2D eigenvalue weighted by molar-refractivity contribution is -0.116. The molecule has 5 nitrogen and oxygen atoms in total. The van der Waals surface area contributed by atoms with E-state index >= 15 is 0 Å². The minimum absolute atomic E-state index is 0.0721. The van der Waals surface area contributed by atoms with Crippen LogP contribution in [0.1, 0.15) is 11.1 Å². The molecule has 25 heavy (non-hydrogen) atoms. The summed E-state index contributed by atoms with van der Waals surface area (Å²) in [6, 6.07) is 13.0. The standard InChI is InChI=1S/C20H20N2O3/c1-25-19-12-14(6-8-18(19)23)7-9-20(24)21-11-10-15-13-22-17-5-3-2-4-16(15)17/h2-9,12-13,22-23H,10-11H2,1H3,(H,21,24). The number of ether oxygens (including phenoxy) is 1. The van der Waals surface area contributed by atoms with Gasteiger partial charge in [-0.05, 0) is 41.8 Å². The second-order valence-electron chi connectivity index (χ2n) is 5.67. The third kappa shape index (κ3) is 4.01. The molecule has 0 radical (unpaired) electrons. The molecule has 0 saturated heterocycles. The van der Waals surface area contributed by atoms with Crippen LogP contribution in [0.4, 0.5) is 0 Å². The van der Waals surface area contributed by atoms with Gasteiger partial charge in [-0.15, -0.1) is 0 Å². The van der Waals surface area contributed by atoms with Gasteiger partial charge in [0.2, 0.25) is 5.91 Å². The van der Waals surface area contributed by atoms with Crippen molar-refractivity contribution in [3.05, 3.63) is 65.9 Å². The molecule has 128 valence electrons. The molecule has 0 unspecified atom stereocenters. The first kappa shape index (κ1) is 16.6. The lowest BCUT2D eigenvalue weighted by atomic mass is 10.1. The van der Waals surface area contributed by atoms with Crippen molar-refractivity contribution < 1.29 is 14.6 Å². The zero-order chi connectivity index (χ0) is 17.6. The number of amides is 1. The highest BCUT2D eigenvalue weighted by Gasteiger charge is 2.04. The molecule has 5 heteroatoms. The third-order valence-corrected chi connectivity index (χ3v) is 4.00. The van der Waals surface area contributed by atoms with Gasteiger partial charge in [-0.1, -0.05) is 24.3 Å². The molecule has 1 amide bonds. The molecule has 0 bridgehead atoms. The van der Waals surface area contributed by atoms with Crippen LogP contribution in [0.5, 0.6) is 11.5 Å². The molecule has 0 fully saturated rings. The summed E-state index contributed by atoms with van der Waals surface area (Å²) in [5.74, 6) is 0.289. The van der Waals surface area contributed by atoms with Gasteiger partial charge in [0.25, 0.3) is 0 Å². The fraction of sp³-hybridized carbons (Fsp3) is 0.150. The average Bonchev–Trinajstić information content (AvgIpc) is 3.04. The number of aromatic hydroxyl groups is 1. The SMILES string of the molecule is COc1cc(C=CC(=O)NCCc2c[nH]c3ccccc23)ccc1O. The molecule has 0 aliphatic rings. The molecule has 3 rings (SSSR count). The van der Waals surface area contributed by atoms with E-state index in [1.54, 1.807) is 18.2 Å². The number of rotatable bonds is 6. The Kier molecular flexibility index (Phi) is 5.04. The zero-order valence-corrected chi connectivity index (χ0v) is 14.0. The smallest absolute Gasteiger partial charge is 0.244 e. The van der Waals surface area contributed by atoms with Gasteiger partial charge in [0.1, 0.15) is 0 Å². The van der Waals surface area contributed by atoms with Gasteiger partial charge in [0.05, 0.1) is 7.11 Å². The lowest BCUT2D eigenvalue weighted by Gasteiger charge is -2.04. The van der Waals surface area contributed by atoms with Crippen molar-refractivity contribution in [2.75, 3.05) is 13.7 Å². The van der Waals surface area contributed by atoms with Crippen molar-refractivity contribution >= 4 is 22.9 Å². The number of carbonyl (C=O) groups is 1. The second kappa shape index (κ2) is 7.57. The molecule has 0 spiro atoms. The number of nitrogens with one attached hydrogen (secondary N) is 2. The number of H-pyrrole nitrogens is 1. The van der Waals surface area contributed by atoms with Crippen LogP contribution in [-0.2, 0) is 11.2 Å². The Balaban J connectivity index is 1.54. The molecule has 3 N–H and O–H groups in total. The largest absolute Gasteiger partial charge is 0.504 e. The number of para-hydroxylation sites is 1. The summed E-state index contributed by atoms with van der Waals surface area (Å²) in [7, 11) is 1.49. The van der Waals surface area contributed by atoms with Crippen LogP contribution in [-0.4, -0.2) is 29.7 Å². The Morgan fingerprint density at radius 3 is 2.96 bits per heavy atom. The maximum atomic E-state index is 11.9.